The number of hydrogen-bond donors (Lipinski definition) is 1. The van der Waals surface area contributed by atoms with Crippen molar-refractivity contribution < 1.29 is 9.59 Å². The van der Waals surface area contributed by atoms with Crippen molar-refractivity contribution in [3.63, 3.8) is 0 Å². The van der Waals surface area contributed by atoms with Gasteiger partial charge in [-0.3, -0.25) is 9.59 Å². The zero-order valence-corrected chi connectivity index (χ0v) is 15.7. The van der Waals surface area contributed by atoms with Gasteiger partial charge in [-0.15, -0.1) is 0 Å². The van der Waals surface area contributed by atoms with Crippen molar-refractivity contribution >= 4 is 11.8 Å². The molecule has 0 bridgehead atoms. The molecule has 2 aliphatic heterocycles. The number of nitrogens with one attached hydrogen (secondary N) is 1. The Bertz CT molecular complexity index is 688. The van der Waals surface area contributed by atoms with E-state index in [-0.39, 0.29) is 11.8 Å². The third-order valence-electron chi connectivity index (χ3n) is 6.63. The maximum Gasteiger partial charge on any atom is 0.227 e. The average Bonchev–Trinajstić information content (AvgIpc) is 3.36. The molecule has 4 rings (SSSR count). The molecule has 2 saturated heterocycles. The third kappa shape index (κ3) is 3.37. The molecule has 1 atom stereocenters. The molecular weight excluding hydrogens is 326 g/mol. The molecule has 2 amide bonds. The van der Waals surface area contributed by atoms with Gasteiger partial charge in [-0.2, -0.15) is 0 Å². The fourth-order valence-corrected chi connectivity index (χ4v) is 4.65. The summed E-state index contributed by atoms with van der Waals surface area (Å²) in [5.74, 6) is 0.740. The Morgan fingerprint density at radius 1 is 1.08 bits per heavy atom. The first kappa shape index (κ1) is 17.5. The normalized spacial score (nSPS) is 24.6. The Morgan fingerprint density at radius 3 is 2.42 bits per heavy atom. The molecule has 1 aliphatic carbocycles. The third-order valence-corrected chi connectivity index (χ3v) is 6.63. The second-order valence-corrected chi connectivity index (χ2v) is 8.18. The minimum absolute atomic E-state index is 0.174. The van der Waals surface area contributed by atoms with Crippen molar-refractivity contribution in [1.29, 1.82) is 0 Å². The minimum atomic E-state index is 0.174. The smallest absolute Gasteiger partial charge is 0.227 e. The number of aryl methyl sites for hydroxylation is 1. The van der Waals surface area contributed by atoms with Gasteiger partial charge in [0.25, 0.3) is 0 Å². The predicted molar refractivity (Wildman–Crippen MR) is 101 cm³/mol. The number of hydrogen-bond acceptors (Lipinski definition) is 3. The summed E-state index contributed by atoms with van der Waals surface area (Å²) in [6.07, 6.45) is 3.80. The van der Waals surface area contributed by atoms with Gasteiger partial charge in [-0.05, 0) is 55.8 Å². The van der Waals surface area contributed by atoms with Crippen LogP contribution < -0.4 is 5.32 Å². The lowest BCUT2D eigenvalue weighted by Crippen LogP contribution is -2.51. The molecule has 0 aromatic heterocycles. The highest BCUT2D eigenvalue weighted by Gasteiger charge is 2.58. The molecule has 5 nitrogen and oxygen atoms in total. The van der Waals surface area contributed by atoms with E-state index in [0.717, 1.165) is 43.5 Å². The Labute approximate surface area is 155 Å². The molecule has 1 aromatic carbocycles. The first-order valence-electron chi connectivity index (χ1n) is 9.91. The van der Waals surface area contributed by atoms with Crippen LogP contribution in [-0.2, 0) is 16.0 Å². The van der Waals surface area contributed by atoms with Crippen LogP contribution in [0.25, 0.3) is 0 Å². The predicted octanol–water partition coefficient (Wildman–Crippen LogP) is 1.60. The Kier molecular flexibility index (Phi) is 4.74. The summed E-state index contributed by atoms with van der Waals surface area (Å²) < 4.78 is 0. The summed E-state index contributed by atoms with van der Waals surface area (Å²) >= 11 is 0. The van der Waals surface area contributed by atoms with E-state index in [1.165, 1.54) is 0 Å². The first-order chi connectivity index (χ1) is 12.6. The quantitative estimate of drug-likeness (QED) is 0.896. The number of amides is 2. The second-order valence-electron chi connectivity index (χ2n) is 8.18. The molecule has 1 unspecified atom stereocenters. The van der Waals surface area contributed by atoms with Crippen LogP contribution in [0.1, 0.15) is 30.4 Å². The Morgan fingerprint density at radius 2 is 1.73 bits per heavy atom. The van der Waals surface area contributed by atoms with E-state index in [4.69, 9.17) is 0 Å². The standard InChI is InChI=1S/C21H29N3O2/c1-16-4-2-3-5-17(16)14-19(25)23-10-12-24(13-11-23)20(26)18-15-21(18)6-8-22-9-7-21/h2-5,18,22H,6-15H2,1H3. The number of nitrogens with zero attached hydrogens (tertiary/aromatic N) is 2. The molecule has 26 heavy (non-hydrogen) atoms. The van der Waals surface area contributed by atoms with Crippen molar-refractivity contribution in [3.05, 3.63) is 35.4 Å². The molecule has 2 heterocycles. The molecule has 1 saturated carbocycles. The van der Waals surface area contributed by atoms with Gasteiger partial charge in [0.1, 0.15) is 0 Å². The molecule has 3 aliphatic rings. The van der Waals surface area contributed by atoms with Crippen molar-refractivity contribution in [3.8, 4) is 0 Å². The Hall–Kier alpha value is -1.88. The van der Waals surface area contributed by atoms with Crippen molar-refractivity contribution in [2.45, 2.75) is 32.6 Å². The van der Waals surface area contributed by atoms with E-state index in [0.29, 0.717) is 43.9 Å². The molecule has 1 aromatic rings. The lowest BCUT2D eigenvalue weighted by molar-refractivity contribution is -0.140. The summed E-state index contributed by atoms with van der Waals surface area (Å²) in [6, 6.07) is 8.06. The number of carbonyl (C=O) groups excluding carboxylic acids is 2. The highest BCUT2D eigenvalue weighted by Crippen LogP contribution is 2.59. The summed E-state index contributed by atoms with van der Waals surface area (Å²) in [6.45, 7) is 6.84. The number of piperazine rings is 1. The largest absolute Gasteiger partial charge is 0.339 e. The van der Waals surface area contributed by atoms with Crippen LogP contribution in [0.3, 0.4) is 0 Å². The topological polar surface area (TPSA) is 52.7 Å². The highest BCUT2D eigenvalue weighted by atomic mass is 16.2. The Balaban J connectivity index is 1.28. The van der Waals surface area contributed by atoms with Gasteiger partial charge >= 0.3 is 0 Å². The van der Waals surface area contributed by atoms with Gasteiger partial charge in [0, 0.05) is 32.1 Å². The molecule has 140 valence electrons. The van der Waals surface area contributed by atoms with Crippen molar-refractivity contribution in [1.82, 2.24) is 15.1 Å². The summed E-state index contributed by atoms with van der Waals surface area (Å²) in [5, 5.41) is 3.39. The minimum Gasteiger partial charge on any atom is -0.339 e. The fourth-order valence-electron chi connectivity index (χ4n) is 4.65. The molecule has 3 fully saturated rings. The number of carbonyl (C=O) groups is 2. The maximum absolute atomic E-state index is 12.8. The van der Waals surface area contributed by atoms with E-state index in [1.54, 1.807) is 0 Å². The van der Waals surface area contributed by atoms with Gasteiger partial charge in [0.05, 0.1) is 6.42 Å². The lowest BCUT2D eigenvalue weighted by Gasteiger charge is -2.35. The number of benzene rings is 1. The molecule has 0 radical (unpaired) electrons. The van der Waals surface area contributed by atoms with Crippen LogP contribution in [0.4, 0.5) is 0 Å². The van der Waals surface area contributed by atoms with Crippen LogP contribution in [0.5, 0.6) is 0 Å². The first-order valence-corrected chi connectivity index (χ1v) is 9.91. The van der Waals surface area contributed by atoms with Gasteiger partial charge in [0.15, 0.2) is 0 Å². The SMILES string of the molecule is Cc1ccccc1CC(=O)N1CCN(C(=O)C2CC23CCNCC3)CC1. The van der Waals surface area contributed by atoms with E-state index < -0.39 is 0 Å². The van der Waals surface area contributed by atoms with E-state index >= 15 is 0 Å². The summed E-state index contributed by atoms with van der Waals surface area (Å²) in [7, 11) is 0. The van der Waals surface area contributed by atoms with Gasteiger partial charge in [-0.1, -0.05) is 24.3 Å². The maximum atomic E-state index is 12.8. The van der Waals surface area contributed by atoms with E-state index in [1.807, 2.05) is 41.0 Å². The van der Waals surface area contributed by atoms with Crippen LogP contribution in [0, 0.1) is 18.3 Å². The lowest BCUT2D eigenvalue weighted by atomic mass is 9.91. The van der Waals surface area contributed by atoms with Crippen LogP contribution in [0.2, 0.25) is 0 Å². The van der Waals surface area contributed by atoms with Crippen molar-refractivity contribution in [2.24, 2.45) is 11.3 Å². The monoisotopic (exact) mass is 355 g/mol. The van der Waals surface area contributed by atoms with Gasteiger partial charge in [0.2, 0.25) is 11.8 Å². The summed E-state index contributed by atoms with van der Waals surface area (Å²) in [5.41, 5.74) is 2.55. The molecular formula is C21H29N3O2. The van der Waals surface area contributed by atoms with Crippen molar-refractivity contribution in [2.75, 3.05) is 39.3 Å². The molecule has 5 heteroatoms. The van der Waals surface area contributed by atoms with Gasteiger partial charge in [-0.25, -0.2) is 0 Å². The number of piperidine rings is 1. The summed E-state index contributed by atoms with van der Waals surface area (Å²) in [4.78, 5) is 29.4. The molecule has 1 spiro atoms. The van der Waals surface area contributed by atoms with E-state index in [2.05, 4.69) is 5.32 Å². The highest BCUT2D eigenvalue weighted by molar-refractivity contribution is 5.83. The zero-order chi connectivity index (χ0) is 18.1. The zero-order valence-electron chi connectivity index (χ0n) is 15.7. The van der Waals surface area contributed by atoms with E-state index in [9.17, 15) is 9.59 Å². The van der Waals surface area contributed by atoms with Crippen LogP contribution in [0.15, 0.2) is 24.3 Å². The van der Waals surface area contributed by atoms with Crippen LogP contribution >= 0.6 is 0 Å². The average molecular weight is 355 g/mol. The second kappa shape index (κ2) is 7.03. The van der Waals surface area contributed by atoms with Gasteiger partial charge < -0.3 is 15.1 Å². The number of rotatable bonds is 3. The molecule has 1 N–H and O–H groups in total. The fraction of sp³-hybridized carbons (Fsp3) is 0.619. The van der Waals surface area contributed by atoms with Crippen LogP contribution in [-0.4, -0.2) is 60.9 Å².